The first-order valence-electron chi connectivity index (χ1n) is 38.9. The van der Waals surface area contributed by atoms with Gasteiger partial charge in [-0.1, -0.05) is 356 Å². The zero-order valence-electron chi connectivity index (χ0n) is 63.8. The SMILES string of the molecule is C[Si](c1ccccc1)c1cccc(-c2ccc(N(c3ccc(C(C)(C)C)cc3)c3cc4c(c5ccccc35)-c3ccc(N(c5ccc(C(C)(C)C)cc5)c5ccc(-c6cccc([Si](C)(c7ccccc7)c7ccccc7)c6)c6c5oc5ccccc56)cc3C43c4ccccc4-c4ccccc43)c3oc4ccccc4c23)c1. The molecule has 533 valence electrons. The number of benzene rings is 16. The molecule has 0 fully saturated rings. The summed E-state index contributed by atoms with van der Waals surface area (Å²) < 4.78 is 14.9. The smallest absolute Gasteiger partial charge is 0.160 e. The van der Waals surface area contributed by atoms with Crippen LogP contribution in [0, 0.1) is 0 Å². The molecular weight excluding hydrogens is 1380 g/mol. The van der Waals surface area contributed by atoms with E-state index in [1.165, 1.54) is 92.5 Å². The Kier molecular flexibility index (Phi) is 15.9. The third kappa shape index (κ3) is 10.7. The van der Waals surface area contributed by atoms with Gasteiger partial charge in [-0.3, -0.25) is 0 Å². The topological polar surface area (TPSA) is 32.8 Å². The van der Waals surface area contributed by atoms with Crippen LogP contribution in [0.1, 0.15) is 74.9 Å². The van der Waals surface area contributed by atoms with Crippen molar-refractivity contribution in [1.29, 1.82) is 0 Å². The summed E-state index contributed by atoms with van der Waals surface area (Å²) >= 11 is 0. The normalized spacial score (nSPS) is 13.0. The van der Waals surface area contributed by atoms with Gasteiger partial charge < -0.3 is 18.6 Å². The van der Waals surface area contributed by atoms with E-state index in [2.05, 4.69) is 422 Å². The van der Waals surface area contributed by atoms with Gasteiger partial charge in [0.15, 0.2) is 11.2 Å². The highest BCUT2D eigenvalue weighted by Crippen LogP contribution is 2.66. The zero-order chi connectivity index (χ0) is 75.1. The molecule has 4 nitrogen and oxygen atoms in total. The van der Waals surface area contributed by atoms with Gasteiger partial charge in [0, 0.05) is 44.0 Å². The van der Waals surface area contributed by atoms with Crippen LogP contribution in [0.15, 0.2) is 367 Å². The van der Waals surface area contributed by atoms with Gasteiger partial charge in [-0.05, 0) is 176 Å². The molecule has 16 aromatic carbocycles. The molecule has 18 aromatic rings. The van der Waals surface area contributed by atoms with Crippen molar-refractivity contribution in [2.24, 2.45) is 0 Å². The summed E-state index contributed by atoms with van der Waals surface area (Å²) in [6, 6.07) is 135. The van der Waals surface area contributed by atoms with Crippen molar-refractivity contribution in [3.8, 4) is 44.5 Å². The highest BCUT2D eigenvalue weighted by atomic mass is 28.3. The number of furan rings is 2. The van der Waals surface area contributed by atoms with E-state index in [9.17, 15) is 0 Å². The van der Waals surface area contributed by atoms with Gasteiger partial charge >= 0.3 is 0 Å². The lowest BCUT2D eigenvalue weighted by Crippen LogP contribution is -2.64. The van der Waals surface area contributed by atoms with E-state index in [4.69, 9.17) is 8.83 Å². The Morgan fingerprint density at radius 3 is 1.30 bits per heavy atom. The van der Waals surface area contributed by atoms with Crippen molar-refractivity contribution in [3.05, 3.63) is 391 Å². The average Bonchev–Trinajstić information content (AvgIpc) is 1.50. The molecule has 1 radical (unpaired) electrons. The zero-order valence-corrected chi connectivity index (χ0v) is 65.8. The fraction of sp³-hybridized carbons (Fsp3) is 0.105. The minimum Gasteiger partial charge on any atom is -0.454 e. The molecule has 2 aliphatic rings. The standard InChI is InChI=1S/C105H83N2O2Si2/c1-103(2,3)70-50-54-72(55-51-70)106(93-62-60-81(100-88-45-23-26-48-96(88)108-101(93)100)69-31-29-39-79(65-69)111(8,77-35-14-10-15-36-77)78-37-16-11-17-38-78)74-58-59-86-91(66-74)105(89-46-24-20-40-82(89)83-41-21-25-47-90(83)105)92-67-95(84-42-18-19-43-85(84)98(86)92)107(73-56-52-71(53-57-73)104(4,5)6)94-63-61-80(99-87-44-22-27-49-97(87)109-102(94)99)68-30-28-34-76(64-68)110(7)75-32-12-9-13-33-75/h9-67H,1-8H3. The summed E-state index contributed by atoms with van der Waals surface area (Å²) in [6.45, 7) is 18.7. The van der Waals surface area contributed by atoms with Crippen molar-refractivity contribution in [2.45, 2.75) is 70.9 Å². The van der Waals surface area contributed by atoms with Gasteiger partial charge in [0.25, 0.3) is 0 Å². The fourth-order valence-corrected chi connectivity index (χ4v) is 24.0. The lowest BCUT2D eigenvalue weighted by Gasteiger charge is -2.34. The monoisotopic (exact) mass is 1460 g/mol. The molecule has 1 spiro atoms. The van der Waals surface area contributed by atoms with Crippen molar-refractivity contribution in [3.63, 3.8) is 0 Å². The third-order valence-electron chi connectivity index (χ3n) is 24.3. The van der Waals surface area contributed by atoms with Crippen molar-refractivity contribution >= 4 is 132 Å². The molecule has 0 unspecified atom stereocenters. The maximum absolute atomic E-state index is 7.45. The lowest BCUT2D eigenvalue weighted by molar-refractivity contribution is 0.590. The van der Waals surface area contributed by atoms with Gasteiger partial charge in [0.2, 0.25) is 0 Å². The van der Waals surface area contributed by atoms with Crippen molar-refractivity contribution in [2.75, 3.05) is 9.80 Å². The first-order chi connectivity index (χ1) is 54.1. The number of rotatable bonds is 13. The largest absolute Gasteiger partial charge is 0.454 e. The van der Waals surface area contributed by atoms with E-state index in [1.807, 2.05) is 0 Å². The molecule has 0 N–H and O–H groups in total. The Hall–Kier alpha value is -12.6. The molecule has 0 aliphatic heterocycles. The van der Waals surface area contributed by atoms with E-state index in [-0.39, 0.29) is 10.8 Å². The first kappa shape index (κ1) is 67.7. The molecule has 0 atom stereocenters. The van der Waals surface area contributed by atoms with E-state index < -0.39 is 22.3 Å². The Bertz CT molecular complexity index is 6620. The van der Waals surface area contributed by atoms with Crippen LogP contribution in [0.3, 0.4) is 0 Å². The second-order valence-electron chi connectivity index (χ2n) is 32.6. The number of hydrogen-bond donors (Lipinski definition) is 0. The van der Waals surface area contributed by atoms with E-state index >= 15 is 0 Å². The molecule has 0 saturated carbocycles. The molecule has 2 heterocycles. The maximum atomic E-state index is 7.45. The van der Waals surface area contributed by atoms with Crippen LogP contribution in [0.25, 0.3) is 99.2 Å². The summed E-state index contributed by atoms with van der Waals surface area (Å²) in [7, 11) is -3.58. The summed E-state index contributed by atoms with van der Waals surface area (Å²) in [4.78, 5) is 5.00. The Morgan fingerprint density at radius 1 is 0.306 bits per heavy atom. The fourth-order valence-electron chi connectivity index (χ4n) is 18.6. The molecular formula is C105H83N2O2Si2. The van der Waals surface area contributed by atoms with Crippen LogP contribution >= 0.6 is 0 Å². The second-order valence-corrected chi connectivity index (χ2v) is 39.0. The van der Waals surface area contributed by atoms with Crippen LogP contribution in [0.5, 0.6) is 0 Å². The van der Waals surface area contributed by atoms with Gasteiger partial charge in [-0.2, -0.15) is 0 Å². The molecule has 0 saturated heterocycles. The highest BCUT2D eigenvalue weighted by molar-refractivity contribution is 7.10. The Labute approximate surface area is 652 Å². The maximum Gasteiger partial charge on any atom is 0.160 e. The van der Waals surface area contributed by atoms with E-state index in [0.717, 1.165) is 100 Å². The minimum atomic E-state index is -2.51. The quantitative estimate of drug-likeness (QED) is 0.0851. The molecule has 111 heavy (non-hydrogen) atoms. The summed E-state index contributed by atoms with van der Waals surface area (Å²) in [6.07, 6.45) is 0. The molecule has 20 rings (SSSR count). The average molecular weight is 1460 g/mol. The minimum absolute atomic E-state index is 0.0791. The number of hydrogen-bond acceptors (Lipinski definition) is 4. The molecule has 6 heteroatoms. The number of anilines is 6. The molecule has 2 aromatic heterocycles. The predicted octanol–water partition coefficient (Wildman–Crippen LogP) is 25.2. The Morgan fingerprint density at radius 2 is 0.739 bits per heavy atom. The van der Waals surface area contributed by atoms with Gasteiger partial charge in [-0.25, -0.2) is 0 Å². The first-order valence-corrected chi connectivity index (χ1v) is 43.4. The van der Waals surface area contributed by atoms with Gasteiger partial charge in [0.1, 0.15) is 28.0 Å². The van der Waals surface area contributed by atoms with Crippen LogP contribution in [0.2, 0.25) is 13.1 Å². The van der Waals surface area contributed by atoms with Crippen LogP contribution in [-0.2, 0) is 16.2 Å². The molecule has 2 aliphatic carbocycles. The van der Waals surface area contributed by atoms with Crippen LogP contribution < -0.4 is 35.7 Å². The number of nitrogens with zero attached hydrogens (tertiary/aromatic N) is 2. The van der Waals surface area contributed by atoms with Crippen LogP contribution in [0.4, 0.5) is 34.1 Å². The summed E-state index contributed by atoms with van der Waals surface area (Å²) in [5.41, 5.74) is 25.4. The van der Waals surface area contributed by atoms with Crippen molar-refractivity contribution in [1.82, 2.24) is 0 Å². The highest BCUT2D eigenvalue weighted by Gasteiger charge is 2.53. The third-order valence-corrected chi connectivity index (χ3v) is 31.1. The van der Waals surface area contributed by atoms with E-state index in [1.54, 1.807) is 0 Å². The summed E-state index contributed by atoms with van der Waals surface area (Å²) in [5.74, 6) is 0. The molecule has 0 amide bonds. The Balaban J connectivity index is 0.825. The summed E-state index contributed by atoms with van der Waals surface area (Å²) in [5, 5.41) is 13.5. The van der Waals surface area contributed by atoms with E-state index in [0.29, 0.717) is 0 Å². The molecule has 0 bridgehead atoms. The van der Waals surface area contributed by atoms with Crippen molar-refractivity contribution < 1.29 is 8.83 Å². The second kappa shape index (κ2) is 26.1. The lowest BCUT2D eigenvalue weighted by atomic mass is 9.70. The predicted molar refractivity (Wildman–Crippen MR) is 473 cm³/mol. The van der Waals surface area contributed by atoms with Crippen LogP contribution in [-0.4, -0.2) is 16.9 Å². The van der Waals surface area contributed by atoms with Gasteiger partial charge in [-0.15, -0.1) is 0 Å². The number of para-hydroxylation sites is 2. The van der Waals surface area contributed by atoms with Gasteiger partial charge in [0.05, 0.1) is 22.5 Å². The number of fused-ring (bicyclic) bond motifs is 18.